The Hall–Kier alpha value is -2.95. The molecule has 1 aromatic heterocycles. The number of rotatable bonds is 8. The molecule has 1 amide bonds. The number of ketones is 1. The molecule has 0 saturated heterocycles. The van der Waals surface area contributed by atoms with E-state index in [9.17, 15) is 14.7 Å². The highest BCUT2D eigenvalue weighted by Gasteiger charge is 2.43. The molecule has 0 bridgehead atoms. The summed E-state index contributed by atoms with van der Waals surface area (Å²) in [6, 6.07) is 14.5. The van der Waals surface area contributed by atoms with Crippen LogP contribution in [0.15, 0.2) is 66.1 Å². The monoisotopic (exact) mass is 364 g/mol. The number of nitrogens with zero attached hydrogens (tertiary/aromatic N) is 2. The Morgan fingerprint density at radius 2 is 1.89 bits per heavy atom. The van der Waals surface area contributed by atoms with Gasteiger partial charge < -0.3 is 10.0 Å². The van der Waals surface area contributed by atoms with Gasteiger partial charge in [-0.05, 0) is 30.5 Å². The first-order chi connectivity index (χ1) is 13.1. The molecular formula is C22H24N2O3. The second-order valence-electron chi connectivity index (χ2n) is 6.68. The molecular weight excluding hydrogens is 340 g/mol. The number of aliphatic hydroxyl groups excluding tert-OH is 1. The van der Waals surface area contributed by atoms with Crippen LogP contribution in [0, 0.1) is 0 Å². The Balaban J connectivity index is 1.87. The second-order valence-corrected chi connectivity index (χ2v) is 6.68. The number of unbranched alkanes of at least 4 members (excludes halogenated alkanes) is 1. The Bertz CT molecular complexity index is 831. The summed E-state index contributed by atoms with van der Waals surface area (Å²) in [5.41, 5.74) is 1.83. The van der Waals surface area contributed by atoms with Crippen molar-refractivity contribution in [3.63, 3.8) is 0 Å². The Morgan fingerprint density at radius 3 is 2.56 bits per heavy atom. The fourth-order valence-corrected chi connectivity index (χ4v) is 3.38. The van der Waals surface area contributed by atoms with Gasteiger partial charge in [0.1, 0.15) is 6.04 Å². The summed E-state index contributed by atoms with van der Waals surface area (Å²) in [6.45, 7) is 2.52. The zero-order valence-electron chi connectivity index (χ0n) is 15.5. The number of pyridine rings is 1. The number of benzene rings is 1. The smallest absolute Gasteiger partial charge is 0.290 e. The fourth-order valence-electron chi connectivity index (χ4n) is 3.38. The lowest BCUT2D eigenvalue weighted by atomic mass is 9.95. The fraction of sp³-hybridized carbons (Fsp3) is 0.318. The van der Waals surface area contributed by atoms with Gasteiger partial charge >= 0.3 is 0 Å². The highest BCUT2D eigenvalue weighted by molar-refractivity contribution is 6.08. The summed E-state index contributed by atoms with van der Waals surface area (Å²) in [4.78, 5) is 31.5. The molecule has 2 aromatic rings. The molecule has 1 unspecified atom stereocenters. The van der Waals surface area contributed by atoms with Crippen molar-refractivity contribution < 1.29 is 14.7 Å². The minimum absolute atomic E-state index is 0.172. The van der Waals surface area contributed by atoms with Crippen LogP contribution in [0.3, 0.4) is 0 Å². The first-order valence-corrected chi connectivity index (χ1v) is 9.35. The van der Waals surface area contributed by atoms with Gasteiger partial charge in [-0.2, -0.15) is 0 Å². The van der Waals surface area contributed by atoms with Gasteiger partial charge in [-0.3, -0.25) is 14.6 Å². The SMILES string of the molecule is CCCCN1C(=O)C(O)=C(C(=O)CCc2ccccc2)C1c1ccccn1. The number of hydrogen-bond donors (Lipinski definition) is 1. The molecule has 1 aliphatic rings. The van der Waals surface area contributed by atoms with Crippen LogP contribution in [0.1, 0.15) is 43.5 Å². The van der Waals surface area contributed by atoms with E-state index < -0.39 is 17.7 Å². The average Bonchev–Trinajstić information content (AvgIpc) is 2.96. The Labute approximate surface area is 159 Å². The second kappa shape index (κ2) is 8.62. The quantitative estimate of drug-likeness (QED) is 0.774. The van der Waals surface area contributed by atoms with Crippen LogP contribution < -0.4 is 0 Å². The van der Waals surface area contributed by atoms with Crippen molar-refractivity contribution >= 4 is 11.7 Å². The normalized spacial score (nSPS) is 16.9. The molecule has 0 aliphatic carbocycles. The molecule has 1 aromatic carbocycles. The maximum Gasteiger partial charge on any atom is 0.290 e. The Kier molecular flexibility index (Phi) is 6.01. The van der Waals surface area contributed by atoms with E-state index in [4.69, 9.17) is 0 Å². The maximum atomic E-state index is 13.0. The highest BCUT2D eigenvalue weighted by Crippen LogP contribution is 2.37. The van der Waals surface area contributed by atoms with Crippen molar-refractivity contribution in [1.29, 1.82) is 0 Å². The number of aliphatic hydroxyl groups is 1. The molecule has 0 radical (unpaired) electrons. The molecule has 27 heavy (non-hydrogen) atoms. The molecule has 1 atom stereocenters. The molecule has 0 spiro atoms. The van der Waals surface area contributed by atoms with E-state index in [1.54, 1.807) is 23.2 Å². The van der Waals surface area contributed by atoms with Crippen LogP contribution in [0.5, 0.6) is 0 Å². The van der Waals surface area contributed by atoms with Gasteiger partial charge in [0, 0.05) is 19.2 Å². The van der Waals surface area contributed by atoms with Crippen LogP contribution in [0.25, 0.3) is 0 Å². The van der Waals surface area contributed by atoms with E-state index >= 15 is 0 Å². The molecule has 1 aliphatic heterocycles. The van der Waals surface area contributed by atoms with Crippen LogP contribution in [-0.4, -0.2) is 33.2 Å². The van der Waals surface area contributed by atoms with E-state index in [1.807, 2.05) is 43.3 Å². The predicted molar refractivity (Wildman–Crippen MR) is 103 cm³/mol. The summed E-state index contributed by atoms with van der Waals surface area (Å²) in [6.07, 6.45) is 4.15. The van der Waals surface area contributed by atoms with E-state index in [0.717, 1.165) is 18.4 Å². The van der Waals surface area contributed by atoms with Gasteiger partial charge in [-0.1, -0.05) is 49.7 Å². The van der Waals surface area contributed by atoms with Crippen molar-refractivity contribution in [2.75, 3.05) is 6.54 Å². The van der Waals surface area contributed by atoms with Crippen molar-refractivity contribution in [3.05, 3.63) is 77.3 Å². The highest BCUT2D eigenvalue weighted by atomic mass is 16.3. The van der Waals surface area contributed by atoms with E-state index in [-0.39, 0.29) is 17.8 Å². The first-order valence-electron chi connectivity index (χ1n) is 9.35. The lowest BCUT2D eigenvalue weighted by Gasteiger charge is -2.25. The molecule has 0 fully saturated rings. The largest absolute Gasteiger partial charge is 0.503 e. The molecule has 5 heteroatoms. The lowest BCUT2D eigenvalue weighted by molar-refractivity contribution is -0.129. The molecule has 3 rings (SSSR count). The third-order valence-corrected chi connectivity index (χ3v) is 4.81. The van der Waals surface area contributed by atoms with E-state index in [0.29, 0.717) is 18.7 Å². The van der Waals surface area contributed by atoms with Crippen LogP contribution in [0.2, 0.25) is 0 Å². The molecule has 5 nitrogen and oxygen atoms in total. The van der Waals surface area contributed by atoms with Crippen molar-refractivity contribution in [3.8, 4) is 0 Å². The van der Waals surface area contributed by atoms with Crippen molar-refractivity contribution in [2.45, 2.75) is 38.6 Å². The predicted octanol–water partition coefficient (Wildman–Crippen LogP) is 3.78. The van der Waals surface area contributed by atoms with Gasteiger partial charge in [0.15, 0.2) is 11.5 Å². The summed E-state index contributed by atoms with van der Waals surface area (Å²) in [7, 11) is 0. The van der Waals surface area contributed by atoms with Gasteiger partial charge in [-0.15, -0.1) is 0 Å². The van der Waals surface area contributed by atoms with Crippen molar-refractivity contribution in [2.24, 2.45) is 0 Å². The number of Topliss-reactive ketones (excluding diaryl/α,β-unsaturated/α-hetero) is 1. The first kappa shape index (κ1) is 18.8. The number of aryl methyl sites for hydroxylation is 1. The molecule has 1 N–H and O–H groups in total. The van der Waals surface area contributed by atoms with E-state index in [1.165, 1.54) is 0 Å². The minimum atomic E-state index is -0.617. The number of aromatic nitrogens is 1. The molecule has 2 heterocycles. The van der Waals surface area contributed by atoms with Crippen LogP contribution in [-0.2, 0) is 16.0 Å². The van der Waals surface area contributed by atoms with Crippen LogP contribution >= 0.6 is 0 Å². The zero-order chi connectivity index (χ0) is 19.2. The molecule has 140 valence electrons. The maximum absolute atomic E-state index is 13.0. The number of hydrogen-bond acceptors (Lipinski definition) is 4. The molecule has 0 saturated carbocycles. The third-order valence-electron chi connectivity index (χ3n) is 4.81. The summed E-state index contributed by atoms with van der Waals surface area (Å²) in [5.74, 6) is -1.12. The zero-order valence-corrected chi connectivity index (χ0v) is 15.5. The number of amides is 1. The van der Waals surface area contributed by atoms with Gasteiger partial charge in [-0.25, -0.2) is 0 Å². The lowest BCUT2D eigenvalue weighted by Crippen LogP contribution is -2.32. The summed E-state index contributed by atoms with van der Waals surface area (Å²) in [5, 5.41) is 10.5. The van der Waals surface area contributed by atoms with Crippen LogP contribution in [0.4, 0.5) is 0 Å². The average molecular weight is 364 g/mol. The van der Waals surface area contributed by atoms with E-state index in [2.05, 4.69) is 4.98 Å². The minimum Gasteiger partial charge on any atom is -0.503 e. The Morgan fingerprint density at radius 1 is 1.15 bits per heavy atom. The van der Waals surface area contributed by atoms with Gasteiger partial charge in [0.2, 0.25) is 0 Å². The number of carbonyl (C=O) groups is 2. The summed E-state index contributed by atoms with van der Waals surface area (Å²) < 4.78 is 0. The van der Waals surface area contributed by atoms with Gasteiger partial charge in [0.05, 0.1) is 11.3 Å². The third kappa shape index (κ3) is 4.08. The van der Waals surface area contributed by atoms with Gasteiger partial charge in [0.25, 0.3) is 5.91 Å². The topological polar surface area (TPSA) is 70.5 Å². The number of carbonyl (C=O) groups excluding carboxylic acids is 2. The van der Waals surface area contributed by atoms with Crippen molar-refractivity contribution in [1.82, 2.24) is 9.88 Å². The summed E-state index contributed by atoms with van der Waals surface area (Å²) >= 11 is 0. The standard InChI is InChI=1S/C22H24N2O3/c1-2-3-15-24-20(17-11-7-8-14-23-17)19(21(26)22(24)27)18(25)13-12-16-9-5-4-6-10-16/h4-11,14,20,26H,2-3,12-13,15H2,1H3.